The molecule has 0 N–H and O–H groups in total. The standard InChI is InChI=1S/C20H20Cl2Si2/c21-13-15-7-1-3-9-17(15)23-19-11-5-6-12-20(19)24-18-10-4-2-8-16(18)14-22/h1-12H,13-14,23-24H2. The lowest BCUT2D eigenvalue weighted by Gasteiger charge is -2.13. The maximum atomic E-state index is 6.12. The average Bonchev–Trinajstić information content (AvgIpc) is 2.64. The van der Waals surface area contributed by atoms with Crippen molar-refractivity contribution in [1.82, 2.24) is 0 Å². The van der Waals surface area contributed by atoms with Crippen molar-refractivity contribution in [3.63, 3.8) is 0 Å². The molecule has 0 heterocycles. The molecule has 0 aromatic heterocycles. The van der Waals surface area contributed by atoms with E-state index in [0.29, 0.717) is 11.8 Å². The van der Waals surface area contributed by atoms with Crippen LogP contribution in [0.15, 0.2) is 72.8 Å². The van der Waals surface area contributed by atoms with Crippen LogP contribution in [-0.2, 0) is 11.8 Å². The van der Waals surface area contributed by atoms with E-state index >= 15 is 0 Å². The number of alkyl halides is 2. The predicted molar refractivity (Wildman–Crippen MR) is 114 cm³/mol. The zero-order chi connectivity index (χ0) is 16.8. The first kappa shape index (κ1) is 17.5. The van der Waals surface area contributed by atoms with Gasteiger partial charge in [0.15, 0.2) is 0 Å². The molecule has 0 aliphatic rings. The fraction of sp³-hybridized carbons (Fsp3) is 0.100. The molecule has 0 unspecified atom stereocenters. The Bertz CT molecular complexity index is 749. The molecule has 0 aliphatic carbocycles. The quantitative estimate of drug-likeness (QED) is 0.443. The van der Waals surface area contributed by atoms with E-state index in [1.54, 1.807) is 10.4 Å². The minimum absolute atomic E-state index is 0.520. The van der Waals surface area contributed by atoms with Gasteiger partial charge < -0.3 is 0 Å². The van der Waals surface area contributed by atoms with Gasteiger partial charge in [0, 0.05) is 11.8 Å². The second-order valence-corrected chi connectivity index (χ2v) is 10.2. The normalized spacial score (nSPS) is 11.8. The summed E-state index contributed by atoms with van der Waals surface area (Å²) in [5.41, 5.74) is 2.56. The third kappa shape index (κ3) is 4.20. The van der Waals surface area contributed by atoms with Gasteiger partial charge in [-0.3, -0.25) is 0 Å². The maximum Gasteiger partial charge on any atom is 0.0877 e. The van der Waals surface area contributed by atoms with Gasteiger partial charge in [-0.25, -0.2) is 0 Å². The van der Waals surface area contributed by atoms with E-state index in [2.05, 4.69) is 72.8 Å². The summed E-state index contributed by atoms with van der Waals surface area (Å²) in [6.07, 6.45) is 0. The van der Waals surface area contributed by atoms with E-state index in [-0.39, 0.29) is 0 Å². The molecule has 24 heavy (non-hydrogen) atoms. The lowest BCUT2D eigenvalue weighted by atomic mass is 10.2. The Hall–Kier alpha value is -1.33. The molecule has 0 atom stereocenters. The van der Waals surface area contributed by atoms with Gasteiger partial charge in [0.1, 0.15) is 0 Å². The van der Waals surface area contributed by atoms with E-state index in [1.807, 2.05) is 0 Å². The summed E-state index contributed by atoms with van der Waals surface area (Å²) < 4.78 is 0. The highest BCUT2D eigenvalue weighted by atomic mass is 35.5. The lowest BCUT2D eigenvalue weighted by molar-refractivity contribution is 1.44. The van der Waals surface area contributed by atoms with Gasteiger partial charge in [-0.05, 0) is 11.1 Å². The molecule has 3 aromatic rings. The van der Waals surface area contributed by atoms with Gasteiger partial charge in [0.2, 0.25) is 0 Å². The van der Waals surface area contributed by atoms with E-state index in [0.717, 1.165) is 0 Å². The summed E-state index contributed by atoms with van der Waals surface area (Å²) in [4.78, 5) is 0. The molecular weight excluding hydrogens is 367 g/mol. The SMILES string of the molecule is ClCc1ccccc1[SiH2]c1ccccc1[SiH2]c1ccccc1CCl. The second kappa shape index (κ2) is 8.68. The Balaban J connectivity index is 1.91. The Morgan fingerprint density at radius 1 is 0.500 bits per heavy atom. The van der Waals surface area contributed by atoms with Crippen LogP contribution in [0.25, 0.3) is 0 Å². The van der Waals surface area contributed by atoms with Crippen LogP contribution in [0.5, 0.6) is 0 Å². The van der Waals surface area contributed by atoms with Crippen molar-refractivity contribution in [3.05, 3.63) is 83.9 Å². The molecule has 3 aromatic carbocycles. The van der Waals surface area contributed by atoms with Crippen LogP contribution < -0.4 is 20.7 Å². The van der Waals surface area contributed by atoms with Crippen LogP contribution in [0.3, 0.4) is 0 Å². The average molecular weight is 387 g/mol. The zero-order valence-corrected chi connectivity index (χ0v) is 17.9. The van der Waals surface area contributed by atoms with Crippen LogP contribution in [0, 0.1) is 0 Å². The number of hydrogen-bond acceptors (Lipinski definition) is 0. The van der Waals surface area contributed by atoms with Crippen LogP contribution in [0.1, 0.15) is 11.1 Å². The number of benzene rings is 3. The highest BCUT2D eigenvalue weighted by Gasteiger charge is 2.09. The van der Waals surface area contributed by atoms with Crippen molar-refractivity contribution in [3.8, 4) is 0 Å². The molecule has 0 spiro atoms. The van der Waals surface area contributed by atoms with Gasteiger partial charge in [-0.2, -0.15) is 0 Å². The molecule has 0 fully saturated rings. The molecule has 0 aliphatic heterocycles. The third-order valence-corrected chi connectivity index (χ3v) is 9.76. The number of hydrogen-bond donors (Lipinski definition) is 0. The fourth-order valence-corrected chi connectivity index (χ4v) is 8.09. The molecule has 4 heteroatoms. The molecular formula is C20H20Cl2Si2. The van der Waals surface area contributed by atoms with Gasteiger partial charge in [0.05, 0.1) is 19.0 Å². The first-order chi connectivity index (χ1) is 11.8. The Morgan fingerprint density at radius 3 is 1.21 bits per heavy atom. The number of halogens is 2. The van der Waals surface area contributed by atoms with Crippen molar-refractivity contribution >= 4 is 63.0 Å². The number of rotatable bonds is 6. The highest BCUT2D eigenvalue weighted by Crippen LogP contribution is 2.01. The second-order valence-electron chi connectivity index (χ2n) is 5.93. The largest absolute Gasteiger partial charge is 0.122 e. The van der Waals surface area contributed by atoms with Crippen molar-refractivity contribution in [2.75, 3.05) is 0 Å². The summed E-state index contributed by atoms with van der Waals surface area (Å²) in [5.74, 6) is 1.19. The molecule has 0 saturated carbocycles. The van der Waals surface area contributed by atoms with Crippen LogP contribution in [0.4, 0.5) is 0 Å². The van der Waals surface area contributed by atoms with Gasteiger partial charge in [-0.15, -0.1) is 23.2 Å². The molecule has 122 valence electrons. The lowest BCUT2D eigenvalue weighted by Crippen LogP contribution is -2.45. The smallest absolute Gasteiger partial charge is 0.0877 e. The minimum atomic E-state index is -0.520. The molecule has 0 saturated heterocycles. The maximum absolute atomic E-state index is 6.12. The van der Waals surface area contributed by atoms with E-state index in [1.165, 1.54) is 21.5 Å². The molecule has 0 amide bonds. The molecule has 0 bridgehead atoms. The van der Waals surface area contributed by atoms with Gasteiger partial charge in [-0.1, -0.05) is 93.5 Å². The van der Waals surface area contributed by atoms with Crippen molar-refractivity contribution in [2.45, 2.75) is 11.8 Å². The summed E-state index contributed by atoms with van der Waals surface area (Å²) >= 11 is 12.2. The monoisotopic (exact) mass is 386 g/mol. The minimum Gasteiger partial charge on any atom is -0.122 e. The Labute approximate surface area is 158 Å². The van der Waals surface area contributed by atoms with Crippen molar-refractivity contribution < 1.29 is 0 Å². The Morgan fingerprint density at radius 2 is 0.833 bits per heavy atom. The van der Waals surface area contributed by atoms with E-state index in [9.17, 15) is 0 Å². The first-order valence-corrected chi connectivity index (χ1v) is 12.0. The fourth-order valence-electron chi connectivity index (χ4n) is 3.03. The predicted octanol–water partition coefficient (Wildman–Crippen LogP) is 1.40. The topological polar surface area (TPSA) is 0 Å². The van der Waals surface area contributed by atoms with Crippen LogP contribution in [0.2, 0.25) is 0 Å². The summed E-state index contributed by atoms with van der Waals surface area (Å²) in [5, 5.41) is 6.01. The third-order valence-electron chi connectivity index (χ3n) is 4.40. The van der Waals surface area contributed by atoms with Crippen molar-refractivity contribution in [2.24, 2.45) is 0 Å². The Kier molecular flexibility index (Phi) is 6.33. The van der Waals surface area contributed by atoms with E-state index < -0.39 is 19.0 Å². The molecule has 0 nitrogen and oxygen atoms in total. The van der Waals surface area contributed by atoms with Crippen LogP contribution in [-0.4, -0.2) is 19.0 Å². The summed E-state index contributed by atoms with van der Waals surface area (Å²) in [6, 6.07) is 26.1. The summed E-state index contributed by atoms with van der Waals surface area (Å²) in [7, 11) is -1.04. The van der Waals surface area contributed by atoms with Crippen molar-refractivity contribution in [1.29, 1.82) is 0 Å². The zero-order valence-electron chi connectivity index (χ0n) is 13.5. The highest BCUT2D eigenvalue weighted by molar-refractivity contribution is 6.78. The first-order valence-electron chi connectivity index (χ1n) is 8.14. The van der Waals surface area contributed by atoms with Gasteiger partial charge in [0.25, 0.3) is 0 Å². The van der Waals surface area contributed by atoms with E-state index in [4.69, 9.17) is 23.2 Å². The van der Waals surface area contributed by atoms with Gasteiger partial charge >= 0.3 is 0 Å². The summed E-state index contributed by atoms with van der Waals surface area (Å²) in [6.45, 7) is 0. The molecule has 0 radical (unpaired) electrons. The molecule has 3 rings (SSSR count). The van der Waals surface area contributed by atoms with Crippen LogP contribution >= 0.6 is 23.2 Å².